The highest BCUT2D eigenvalue weighted by Crippen LogP contribution is 2.19. The van der Waals surface area contributed by atoms with Crippen molar-refractivity contribution < 1.29 is 9.47 Å². The number of hydrogen-bond acceptors (Lipinski definition) is 4. The average molecular weight is 234 g/mol. The minimum absolute atomic E-state index is 0.231. The lowest BCUT2D eigenvalue weighted by Gasteiger charge is -2.26. The maximum Gasteiger partial charge on any atom is 0.151 e. The van der Waals surface area contributed by atoms with Crippen LogP contribution in [0.1, 0.15) is 36.8 Å². The Kier molecular flexibility index (Phi) is 3.86. The molecule has 0 aliphatic carbocycles. The second-order valence-corrected chi connectivity index (χ2v) is 4.47. The number of hydrogen-bond donors (Lipinski definition) is 0. The Bertz CT molecular complexity index is 400. The van der Waals surface area contributed by atoms with Gasteiger partial charge in [-0.1, -0.05) is 20.4 Å². The lowest BCUT2D eigenvalue weighted by atomic mass is 10.1. The first-order chi connectivity index (χ1) is 8.20. The Morgan fingerprint density at radius 1 is 1.59 bits per heavy atom. The third-order valence-corrected chi connectivity index (χ3v) is 2.73. The van der Waals surface area contributed by atoms with Gasteiger partial charge in [-0.3, -0.25) is 0 Å². The van der Waals surface area contributed by atoms with E-state index in [0.29, 0.717) is 31.6 Å². The van der Waals surface area contributed by atoms with Gasteiger partial charge >= 0.3 is 0 Å². The van der Waals surface area contributed by atoms with Crippen molar-refractivity contribution in [1.82, 2.24) is 9.97 Å². The Hall–Kier alpha value is -1.26. The highest BCUT2D eigenvalue weighted by molar-refractivity contribution is 5.37. The molecule has 0 aromatic carbocycles. The van der Waals surface area contributed by atoms with Gasteiger partial charge in [-0.15, -0.1) is 0 Å². The standard InChI is InChI=1S/C13H18N2O2/c1-4-12-14-5-10(13(15-12)9(2)3)6-17-11-7-16-8-11/h4-5,9,11H,1,6-8H2,2-3H3. The number of nitrogens with zero attached hydrogens (tertiary/aromatic N) is 2. The van der Waals surface area contributed by atoms with Crippen LogP contribution in [0.25, 0.3) is 6.08 Å². The normalized spacial score (nSPS) is 15.9. The number of ether oxygens (including phenoxy) is 2. The van der Waals surface area contributed by atoms with Crippen molar-refractivity contribution in [3.8, 4) is 0 Å². The van der Waals surface area contributed by atoms with Gasteiger partial charge in [0, 0.05) is 11.8 Å². The summed E-state index contributed by atoms with van der Waals surface area (Å²) in [7, 11) is 0. The molecule has 92 valence electrons. The smallest absolute Gasteiger partial charge is 0.151 e. The molecule has 2 rings (SSSR count). The van der Waals surface area contributed by atoms with Crippen molar-refractivity contribution in [2.45, 2.75) is 32.5 Å². The Balaban J connectivity index is 2.10. The van der Waals surface area contributed by atoms with Gasteiger partial charge in [-0.05, 0) is 12.0 Å². The molecule has 0 amide bonds. The maximum atomic E-state index is 5.70. The zero-order valence-electron chi connectivity index (χ0n) is 10.3. The van der Waals surface area contributed by atoms with Gasteiger partial charge in [0.15, 0.2) is 5.82 Å². The fraction of sp³-hybridized carbons (Fsp3) is 0.538. The highest BCUT2D eigenvalue weighted by atomic mass is 16.6. The molecule has 0 N–H and O–H groups in total. The number of aromatic nitrogens is 2. The molecule has 1 saturated heterocycles. The van der Waals surface area contributed by atoms with E-state index in [9.17, 15) is 0 Å². The summed E-state index contributed by atoms with van der Waals surface area (Å²) in [6.45, 7) is 9.87. The SMILES string of the molecule is C=Cc1ncc(COC2COC2)c(C(C)C)n1. The molecule has 1 aromatic heterocycles. The summed E-state index contributed by atoms with van der Waals surface area (Å²) in [5, 5.41) is 0. The monoisotopic (exact) mass is 234 g/mol. The van der Waals surface area contributed by atoms with Crippen LogP contribution in [-0.2, 0) is 16.1 Å². The molecule has 2 heterocycles. The molecule has 1 aromatic rings. The fourth-order valence-electron chi connectivity index (χ4n) is 1.66. The summed E-state index contributed by atoms with van der Waals surface area (Å²) in [5.74, 6) is 1.03. The van der Waals surface area contributed by atoms with Crippen molar-refractivity contribution in [2.24, 2.45) is 0 Å². The van der Waals surface area contributed by atoms with E-state index in [1.807, 2.05) is 6.20 Å². The van der Waals surface area contributed by atoms with Crippen LogP contribution < -0.4 is 0 Å². The van der Waals surface area contributed by atoms with Crippen molar-refractivity contribution >= 4 is 6.08 Å². The van der Waals surface area contributed by atoms with Crippen LogP contribution in [-0.4, -0.2) is 29.3 Å². The molecule has 4 heteroatoms. The lowest BCUT2D eigenvalue weighted by Crippen LogP contribution is -2.35. The molecule has 1 fully saturated rings. The first kappa shape index (κ1) is 12.2. The van der Waals surface area contributed by atoms with Crippen molar-refractivity contribution in [3.63, 3.8) is 0 Å². The van der Waals surface area contributed by atoms with Crippen molar-refractivity contribution in [2.75, 3.05) is 13.2 Å². The van der Waals surface area contributed by atoms with E-state index < -0.39 is 0 Å². The summed E-state index contributed by atoms with van der Waals surface area (Å²) in [4.78, 5) is 8.69. The van der Waals surface area contributed by atoms with E-state index in [1.54, 1.807) is 6.08 Å². The van der Waals surface area contributed by atoms with Crippen LogP contribution in [0.3, 0.4) is 0 Å². The second-order valence-electron chi connectivity index (χ2n) is 4.47. The molecule has 0 bridgehead atoms. The summed E-state index contributed by atoms with van der Waals surface area (Å²) in [6, 6.07) is 0. The van der Waals surface area contributed by atoms with Crippen LogP contribution in [0.15, 0.2) is 12.8 Å². The van der Waals surface area contributed by atoms with Crippen LogP contribution in [0, 0.1) is 0 Å². The van der Waals surface area contributed by atoms with Crippen LogP contribution in [0.2, 0.25) is 0 Å². The van der Waals surface area contributed by atoms with E-state index in [2.05, 4.69) is 30.4 Å². The molecule has 4 nitrogen and oxygen atoms in total. The largest absolute Gasteiger partial charge is 0.376 e. The van der Waals surface area contributed by atoms with E-state index in [0.717, 1.165) is 11.3 Å². The first-order valence-corrected chi connectivity index (χ1v) is 5.88. The zero-order valence-corrected chi connectivity index (χ0v) is 10.3. The van der Waals surface area contributed by atoms with Crippen LogP contribution in [0.4, 0.5) is 0 Å². The Morgan fingerprint density at radius 2 is 2.35 bits per heavy atom. The molecular weight excluding hydrogens is 216 g/mol. The van der Waals surface area contributed by atoms with Crippen LogP contribution in [0.5, 0.6) is 0 Å². The fourth-order valence-corrected chi connectivity index (χ4v) is 1.66. The van der Waals surface area contributed by atoms with Gasteiger partial charge in [-0.25, -0.2) is 9.97 Å². The van der Waals surface area contributed by atoms with E-state index in [-0.39, 0.29) is 6.10 Å². The minimum atomic E-state index is 0.231. The van der Waals surface area contributed by atoms with Crippen molar-refractivity contribution in [3.05, 3.63) is 29.9 Å². The number of rotatable bonds is 5. The molecule has 1 aliphatic heterocycles. The lowest BCUT2D eigenvalue weighted by molar-refractivity contribution is -0.135. The molecule has 0 spiro atoms. The summed E-state index contributed by atoms with van der Waals surface area (Å²) >= 11 is 0. The summed E-state index contributed by atoms with van der Waals surface area (Å²) in [6.07, 6.45) is 3.73. The Morgan fingerprint density at radius 3 is 2.88 bits per heavy atom. The minimum Gasteiger partial charge on any atom is -0.376 e. The predicted molar refractivity (Wildman–Crippen MR) is 65.6 cm³/mol. The van der Waals surface area contributed by atoms with E-state index >= 15 is 0 Å². The van der Waals surface area contributed by atoms with Gasteiger partial charge < -0.3 is 9.47 Å². The van der Waals surface area contributed by atoms with E-state index in [4.69, 9.17) is 9.47 Å². The van der Waals surface area contributed by atoms with Crippen LogP contribution >= 0.6 is 0 Å². The molecule has 1 aliphatic rings. The van der Waals surface area contributed by atoms with E-state index in [1.165, 1.54) is 0 Å². The zero-order chi connectivity index (χ0) is 12.3. The summed E-state index contributed by atoms with van der Waals surface area (Å²) < 4.78 is 10.8. The molecule has 0 unspecified atom stereocenters. The maximum absolute atomic E-state index is 5.70. The predicted octanol–water partition coefficient (Wildman–Crippen LogP) is 2.16. The molecule has 17 heavy (non-hydrogen) atoms. The Labute approximate surface area is 102 Å². The molecule has 0 atom stereocenters. The highest BCUT2D eigenvalue weighted by Gasteiger charge is 2.20. The average Bonchev–Trinajstić information content (AvgIpc) is 2.27. The molecular formula is C13H18N2O2. The molecule has 0 saturated carbocycles. The van der Waals surface area contributed by atoms with Gasteiger partial charge in [-0.2, -0.15) is 0 Å². The second kappa shape index (κ2) is 5.38. The van der Waals surface area contributed by atoms with Gasteiger partial charge in [0.25, 0.3) is 0 Å². The topological polar surface area (TPSA) is 44.2 Å². The van der Waals surface area contributed by atoms with Crippen molar-refractivity contribution in [1.29, 1.82) is 0 Å². The summed E-state index contributed by atoms with van der Waals surface area (Å²) in [5.41, 5.74) is 2.09. The third kappa shape index (κ3) is 2.90. The molecule has 0 radical (unpaired) electrons. The van der Waals surface area contributed by atoms with Gasteiger partial charge in [0.05, 0.1) is 25.5 Å². The quantitative estimate of drug-likeness (QED) is 0.783. The van der Waals surface area contributed by atoms with Gasteiger partial charge in [0.1, 0.15) is 6.10 Å². The first-order valence-electron chi connectivity index (χ1n) is 5.88. The third-order valence-electron chi connectivity index (χ3n) is 2.73. The van der Waals surface area contributed by atoms with Gasteiger partial charge in [0.2, 0.25) is 0 Å².